The van der Waals surface area contributed by atoms with Crippen LogP contribution in [0.1, 0.15) is 58.4 Å². The Balaban J connectivity index is 2.01. The SMILES string of the molecule is CCCCN(C(=O)C=Cc1ccc(N2CCCC2=O)cc1)C(C)CC. The van der Waals surface area contributed by atoms with Crippen LogP contribution in [0.2, 0.25) is 0 Å². The predicted molar refractivity (Wildman–Crippen MR) is 103 cm³/mol. The molecule has 0 bridgehead atoms. The fraction of sp³-hybridized carbons (Fsp3) is 0.524. The smallest absolute Gasteiger partial charge is 0.246 e. The number of anilines is 1. The molecule has 136 valence electrons. The van der Waals surface area contributed by atoms with Gasteiger partial charge in [-0.15, -0.1) is 0 Å². The Morgan fingerprint density at radius 2 is 2.00 bits per heavy atom. The zero-order valence-electron chi connectivity index (χ0n) is 15.7. The number of rotatable bonds is 8. The van der Waals surface area contributed by atoms with Gasteiger partial charge in [0.15, 0.2) is 0 Å². The van der Waals surface area contributed by atoms with Crippen molar-refractivity contribution in [2.75, 3.05) is 18.0 Å². The van der Waals surface area contributed by atoms with Crippen molar-refractivity contribution < 1.29 is 9.59 Å². The Kier molecular flexibility index (Phi) is 7.23. The van der Waals surface area contributed by atoms with Crippen molar-refractivity contribution in [2.24, 2.45) is 0 Å². The molecule has 2 rings (SSSR count). The van der Waals surface area contributed by atoms with Gasteiger partial charge < -0.3 is 9.80 Å². The van der Waals surface area contributed by atoms with Gasteiger partial charge in [0.05, 0.1) is 0 Å². The summed E-state index contributed by atoms with van der Waals surface area (Å²) in [5.41, 5.74) is 1.92. The van der Waals surface area contributed by atoms with Gasteiger partial charge in [0.1, 0.15) is 0 Å². The molecule has 25 heavy (non-hydrogen) atoms. The Bertz CT molecular complexity index is 607. The van der Waals surface area contributed by atoms with Crippen molar-refractivity contribution in [2.45, 2.75) is 58.9 Å². The Labute approximate surface area is 151 Å². The van der Waals surface area contributed by atoms with Gasteiger partial charge in [0.25, 0.3) is 0 Å². The van der Waals surface area contributed by atoms with E-state index in [0.717, 1.165) is 50.0 Å². The first kappa shape index (κ1) is 19.2. The zero-order chi connectivity index (χ0) is 18.2. The second-order valence-electron chi connectivity index (χ2n) is 6.72. The lowest BCUT2D eigenvalue weighted by molar-refractivity contribution is -0.128. The molecule has 0 aromatic heterocycles. The van der Waals surface area contributed by atoms with Gasteiger partial charge in [-0.2, -0.15) is 0 Å². The molecule has 2 amide bonds. The number of benzene rings is 1. The van der Waals surface area contributed by atoms with Crippen LogP contribution >= 0.6 is 0 Å². The van der Waals surface area contributed by atoms with E-state index in [-0.39, 0.29) is 17.9 Å². The van der Waals surface area contributed by atoms with Crippen LogP contribution in [-0.2, 0) is 9.59 Å². The Morgan fingerprint density at radius 1 is 1.28 bits per heavy atom. The van der Waals surface area contributed by atoms with Crippen LogP contribution in [0.3, 0.4) is 0 Å². The Hall–Kier alpha value is -2.10. The minimum Gasteiger partial charge on any atom is -0.336 e. The summed E-state index contributed by atoms with van der Waals surface area (Å²) in [4.78, 5) is 28.1. The summed E-state index contributed by atoms with van der Waals surface area (Å²) in [6.45, 7) is 7.96. The summed E-state index contributed by atoms with van der Waals surface area (Å²) in [5, 5.41) is 0. The predicted octanol–water partition coefficient (Wildman–Crippen LogP) is 4.25. The molecule has 1 aliphatic rings. The van der Waals surface area contributed by atoms with Crippen molar-refractivity contribution in [3.8, 4) is 0 Å². The molecule has 1 heterocycles. The van der Waals surface area contributed by atoms with Crippen LogP contribution in [0.15, 0.2) is 30.3 Å². The largest absolute Gasteiger partial charge is 0.336 e. The van der Waals surface area contributed by atoms with Crippen molar-refractivity contribution in [3.05, 3.63) is 35.9 Å². The lowest BCUT2D eigenvalue weighted by Gasteiger charge is -2.27. The van der Waals surface area contributed by atoms with E-state index in [1.807, 2.05) is 40.1 Å². The highest BCUT2D eigenvalue weighted by molar-refractivity contribution is 5.95. The van der Waals surface area contributed by atoms with Crippen molar-refractivity contribution in [3.63, 3.8) is 0 Å². The summed E-state index contributed by atoms with van der Waals surface area (Å²) in [5.74, 6) is 0.264. The van der Waals surface area contributed by atoms with Crippen LogP contribution in [0.4, 0.5) is 5.69 Å². The summed E-state index contributed by atoms with van der Waals surface area (Å²) in [7, 11) is 0. The molecule has 0 spiro atoms. The van der Waals surface area contributed by atoms with E-state index in [1.165, 1.54) is 0 Å². The molecule has 0 N–H and O–H groups in total. The fourth-order valence-corrected chi connectivity index (χ4v) is 3.05. The van der Waals surface area contributed by atoms with Gasteiger partial charge in [-0.1, -0.05) is 32.4 Å². The van der Waals surface area contributed by atoms with Gasteiger partial charge in [-0.3, -0.25) is 9.59 Å². The lowest BCUT2D eigenvalue weighted by Crippen LogP contribution is -2.37. The maximum absolute atomic E-state index is 12.5. The molecule has 1 aromatic carbocycles. The second-order valence-corrected chi connectivity index (χ2v) is 6.72. The second kappa shape index (κ2) is 9.40. The normalized spacial score (nSPS) is 15.8. The topological polar surface area (TPSA) is 40.6 Å². The van der Waals surface area contributed by atoms with E-state index in [2.05, 4.69) is 20.8 Å². The number of amides is 2. The highest BCUT2D eigenvalue weighted by Gasteiger charge is 2.21. The standard InChI is InChI=1S/C21H30N2O2/c1-4-6-15-22(17(3)5-2)21(25)14-11-18-9-12-19(13-10-18)23-16-7-8-20(23)24/h9-14,17H,4-8,15-16H2,1-3H3. The summed E-state index contributed by atoms with van der Waals surface area (Å²) in [6, 6.07) is 8.09. The van der Waals surface area contributed by atoms with Crippen LogP contribution in [-0.4, -0.2) is 35.8 Å². The van der Waals surface area contributed by atoms with Crippen LogP contribution in [0.5, 0.6) is 0 Å². The van der Waals surface area contributed by atoms with Crippen LogP contribution < -0.4 is 4.90 Å². The summed E-state index contributed by atoms with van der Waals surface area (Å²) >= 11 is 0. The molecule has 4 nitrogen and oxygen atoms in total. The number of hydrogen-bond donors (Lipinski definition) is 0. The molecule has 1 atom stereocenters. The number of carbonyl (C=O) groups is 2. The van der Waals surface area contributed by atoms with E-state index >= 15 is 0 Å². The van der Waals surface area contributed by atoms with E-state index in [1.54, 1.807) is 6.08 Å². The monoisotopic (exact) mass is 342 g/mol. The number of nitrogens with zero attached hydrogens (tertiary/aromatic N) is 2. The molecule has 0 saturated carbocycles. The van der Waals surface area contributed by atoms with Gasteiger partial charge in [-0.25, -0.2) is 0 Å². The quantitative estimate of drug-likeness (QED) is 0.663. The molecule has 4 heteroatoms. The maximum atomic E-state index is 12.5. The third kappa shape index (κ3) is 5.18. The van der Waals surface area contributed by atoms with Gasteiger partial charge in [0, 0.05) is 37.3 Å². The first-order valence-electron chi connectivity index (χ1n) is 9.46. The van der Waals surface area contributed by atoms with Gasteiger partial charge in [-0.05, 0) is 50.0 Å². The lowest BCUT2D eigenvalue weighted by atomic mass is 10.1. The first-order chi connectivity index (χ1) is 12.1. The van der Waals surface area contributed by atoms with Crippen molar-refractivity contribution in [1.29, 1.82) is 0 Å². The Morgan fingerprint density at radius 3 is 2.56 bits per heavy atom. The third-order valence-electron chi connectivity index (χ3n) is 4.86. The van der Waals surface area contributed by atoms with Crippen LogP contribution in [0.25, 0.3) is 6.08 Å². The van der Waals surface area contributed by atoms with Gasteiger partial charge in [0.2, 0.25) is 11.8 Å². The zero-order valence-corrected chi connectivity index (χ0v) is 15.7. The summed E-state index contributed by atoms with van der Waals surface area (Å²) < 4.78 is 0. The molecule has 1 saturated heterocycles. The van der Waals surface area contributed by atoms with Crippen molar-refractivity contribution in [1.82, 2.24) is 4.90 Å². The highest BCUT2D eigenvalue weighted by atomic mass is 16.2. The van der Waals surface area contributed by atoms with E-state index in [9.17, 15) is 9.59 Å². The first-order valence-corrected chi connectivity index (χ1v) is 9.46. The minimum atomic E-state index is 0.0709. The molecule has 0 radical (unpaired) electrons. The molecule has 1 aliphatic heterocycles. The van der Waals surface area contributed by atoms with Gasteiger partial charge >= 0.3 is 0 Å². The van der Waals surface area contributed by atoms with E-state index in [0.29, 0.717) is 6.42 Å². The molecule has 0 aliphatic carbocycles. The molecule has 1 unspecified atom stereocenters. The van der Waals surface area contributed by atoms with E-state index < -0.39 is 0 Å². The average molecular weight is 342 g/mol. The molecule has 1 fully saturated rings. The maximum Gasteiger partial charge on any atom is 0.246 e. The minimum absolute atomic E-state index is 0.0709. The van der Waals surface area contributed by atoms with E-state index in [4.69, 9.17) is 0 Å². The molecule has 1 aromatic rings. The van der Waals surface area contributed by atoms with Crippen LogP contribution in [0, 0.1) is 0 Å². The molecular formula is C21H30N2O2. The highest BCUT2D eigenvalue weighted by Crippen LogP contribution is 2.22. The average Bonchev–Trinajstić information content (AvgIpc) is 3.06. The summed E-state index contributed by atoms with van der Waals surface area (Å²) in [6.07, 6.45) is 8.17. The fourth-order valence-electron chi connectivity index (χ4n) is 3.05. The molecular weight excluding hydrogens is 312 g/mol. The number of carbonyl (C=O) groups excluding carboxylic acids is 2. The third-order valence-corrected chi connectivity index (χ3v) is 4.86. The van der Waals surface area contributed by atoms with Crippen molar-refractivity contribution >= 4 is 23.6 Å². The number of unbranched alkanes of at least 4 members (excludes halogenated alkanes) is 1. The number of hydrogen-bond acceptors (Lipinski definition) is 2.